The van der Waals surface area contributed by atoms with Crippen LogP contribution in [0.2, 0.25) is 0 Å². The maximum absolute atomic E-state index is 11.7. The zero-order valence-corrected chi connectivity index (χ0v) is 12.5. The molecule has 0 bridgehead atoms. The minimum atomic E-state index is -0.248. The highest BCUT2D eigenvalue weighted by Crippen LogP contribution is 2.23. The minimum Gasteiger partial charge on any atom is -0.393 e. The largest absolute Gasteiger partial charge is 0.393 e. The Labute approximate surface area is 121 Å². The molecule has 0 aromatic carbocycles. The summed E-state index contributed by atoms with van der Waals surface area (Å²) in [6.45, 7) is 2.80. The standard InChI is InChI=1S/C15H28N2O3/c1-12(18)16-10-6-2-3-9-15(20)17-11-13-7-4-5-8-14(13)19/h13-14,19H,2-11H2,1H3,(H,16,18)(H,17,20). The summed E-state index contributed by atoms with van der Waals surface area (Å²) in [5.74, 6) is 0.295. The van der Waals surface area contributed by atoms with E-state index in [9.17, 15) is 14.7 Å². The fourth-order valence-corrected chi connectivity index (χ4v) is 2.61. The molecule has 1 aliphatic carbocycles. The molecule has 0 spiro atoms. The van der Waals surface area contributed by atoms with E-state index in [0.717, 1.165) is 44.9 Å². The maximum Gasteiger partial charge on any atom is 0.220 e. The van der Waals surface area contributed by atoms with Crippen molar-refractivity contribution in [1.82, 2.24) is 10.6 Å². The van der Waals surface area contributed by atoms with Gasteiger partial charge < -0.3 is 15.7 Å². The maximum atomic E-state index is 11.7. The van der Waals surface area contributed by atoms with Gasteiger partial charge in [0.25, 0.3) is 0 Å². The number of aliphatic hydroxyl groups excluding tert-OH is 1. The van der Waals surface area contributed by atoms with Crippen LogP contribution < -0.4 is 10.6 Å². The quantitative estimate of drug-likeness (QED) is 0.589. The summed E-state index contributed by atoms with van der Waals surface area (Å²) in [7, 11) is 0. The molecule has 0 radical (unpaired) electrons. The molecule has 2 unspecified atom stereocenters. The highest BCUT2D eigenvalue weighted by molar-refractivity contribution is 5.75. The van der Waals surface area contributed by atoms with Gasteiger partial charge in [-0.3, -0.25) is 9.59 Å². The van der Waals surface area contributed by atoms with Crippen molar-refractivity contribution in [2.24, 2.45) is 5.92 Å². The second-order valence-corrected chi connectivity index (χ2v) is 5.71. The van der Waals surface area contributed by atoms with Crippen LogP contribution in [0.5, 0.6) is 0 Å². The smallest absolute Gasteiger partial charge is 0.220 e. The third-order valence-electron chi connectivity index (χ3n) is 3.88. The van der Waals surface area contributed by atoms with Crippen molar-refractivity contribution >= 4 is 11.8 Å². The molecular formula is C15H28N2O3. The van der Waals surface area contributed by atoms with Crippen LogP contribution in [0.4, 0.5) is 0 Å². The molecule has 1 fully saturated rings. The number of hydrogen-bond acceptors (Lipinski definition) is 3. The number of unbranched alkanes of at least 4 members (excludes halogenated alkanes) is 2. The van der Waals surface area contributed by atoms with E-state index in [0.29, 0.717) is 19.5 Å². The Kier molecular flexibility index (Phi) is 8.26. The second-order valence-electron chi connectivity index (χ2n) is 5.71. The van der Waals surface area contributed by atoms with Crippen LogP contribution >= 0.6 is 0 Å². The molecule has 0 aromatic heterocycles. The third kappa shape index (κ3) is 7.48. The van der Waals surface area contributed by atoms with Gasteiger partial charge in [0, 0.05) is 32.4 Å². The topological polar surface area (TPSA) is 78.4 Å². The highest BCUT2D eigenvalue weighted by atomic mass is 16.3. The van der Waals surface area contributed by atoms with Gasteiger partial charge in [0.2, 0.25) is 11.8 Å². The van der Waals surface area contributed by atoms with Crippen molar-refractivity contribution in [2.75, 3.05) is 13.1 Å². The molecule has 0 aliphatic heterocycles. The second kappa shape index (κ2) is 9.75. The molecule has 5 heteroatoms. The van der Waals surface area contributed by atoms with Crippen LogP contribution in [0.15, 0.2) is 0 Å². The van der Waals surface area contributed by atoms with E-state index in [1.807, 2.05) is 0 Å². The molecule has 116 valence electrons. The van der Waals surface area contributed by atoms with E-state index >= 15 is 0 Å². The number of rotatable bonds is 8. The molecule has 1 rings (SSSR count). The van der Waals surface area contributed by atoms with Crippen molar-refractivity contribution in [2.45, 2.75) is 64.4 Å². The number of hydrogen-bond donors (Lipinski definition) is 3. The molecule has 2 amide bonds. The Bertz CT molecular complexity index is 307. The number of amides is 2. The van der Waals surface area contributed by atoms with Gasteiger partial charge >= 0.3 is 0 Å². The normalized spacial score (nSPS) is 22.3. The van der Waals surface area contributed by atoms with Gasteiger partial charge in [-0.1, -0.05) is 19.3 Å². The lowest BCUT2D eigenvalue weighted by molar-refractivity contribution is -0.122. The first-order valence-corrected chi connectivity index (χ1v) is 7.79. The number of carbonyl (C=O) groups is 2. The zero-order chi connectivity index (χ0) is 14.8. The van der Waals surface area contributed by atoms with Gasteiger partial charge in [-0.15, -0.1) is 0 Å². The van der Waals surface area contributed by atoms with Crippen molar-refractivity contribution in [3.05, 3.63) is 0 Å². The summed E-state index contributed by atoms with van der Waals surface area (Å²) in [6.07, 6.45) is 7.11. The summed E-state index contributed by atoms with van der Waals surface area (Å²) < 4.78 is 0. The van der Waals surface area contributed by atoms with Crippen molar-refractivity contribution < 1.29 is 14.7 Å². The lowest BCUT2D eigenvalue weighted by atomic mass is 9.86. The first-order valence-electron chi connectivity index (χ1n) is 7.79. The lowest BCUT2D eigenvalue weighted by Gasteiger charge is -2.27. The number of nitrogens with one attached hydrogen (secondary N) is 2. The van der Waals surface area contributed by atoms with E-state index in [1.54, 1.807) is 0 Å². The van der Waals surface area contributed by atoms with Crippen LogP contribution in [-0.4, -0.2) is 36.1 Å². The summed E-state index contributed by atoms with van der Waals surface area (Å²) in [4.78, 5) is 22.3. The Morgan fingerprint density at radius 2 is 1.85 bits per heavy atom. The average Bonchev–Trinajstić information content (AvgIpc) is 2.41. The third-order valence-corrected chi connectivity index (χ3v) is 3.88. The Morgan fingerprint density at radius 3 is 2.55 bits per heavy atom. The Morgan fingerprint density at radius 1 is 1.10 bits per heavy atom. The van der Waals surface area contributed by atoms with Crippen molar-refractivity contribution in [3.8, 4) is 0 Å². The summed E-state index contributed by atoms with van der Waals surface area (Å²) >= 11 is 0. The molecule has 20 heavy (non-hydrogen) atoms. The van der Waals surface area contributed by atoms with Crippen LogP contribution in [-0.2, 0) is 9.59 Å². The number of aliphatic hydroxyl groups is 1. The van der Waals surface area contributed by atoms with Crippen LogP contribution in [0.25, 0.3) is 0 Å². The highest BCUT2D eigenvalue weighted by Gasteiger charge is 2.22. The molecule has 1 aliphatic rings. The summed E-state index contributed by atoms with van der Waals surface area (Å²) in [5, 5.41) is 15.5. The van der Waals surface area contributed by atoms with Crippen LogP contribution in [0.3, 0.4) is 0 Å². The van der Waals surface area contributed by atoms with Gasteiger partial charge in [-0.25, -0.2) is 0 Å². The summed E-state index contributed by atoms with van der Waals surface area (Å²) in [6, 6.07) is 0. The first-order chi connectivity index (χ1) is 9.59. The van der Waals surface area contributed by atoms with E-state index in [1.165, 1.54) is 6.92 Å². The fraction of sp³-hybridized carbons (Fsp3) is 0.867. The van der Waals surface area contributed by atoms with Crippen molar-refractivity contribution in [3.63, 3.8) is 0 Å². The van der Waals surface area contributed by atoms with Crippen LogP contribution in [0.1, 0.15) is 58.3 Å². The van der Waals surface area contributed by atoms with Gasteiger partial charge in [0.15, 0.2) is 0 Å². The monoisotopic (exact) mass is 284 g/mol. The van der Waals surface area contributed by atoms with E-state index in [4.69, 9.17) is 0 Å². The minimum absolute atomic E-state index is 0.00576. The molecular weight excluding hydrogens is 256 g/mol. The lowest BCUT2D eigenvalue weighted by Crippen LogP contribution is -2.36. The molecule has 0 saturated heterocycles. The predicted octanol–water partition coefficient (Wildman–Crippen LogP) is 1.35. The van der Waals surface area contributed by atoms with E-state index in [-0.39, 0.29) is 23.8 Å². The van der Waals surface area contributed by atoms with E-state index in [2.05, 4.69) is 10.6 Å². The van der Waals surface area contributed by atoms with Gasteiger partial charge in [-0.05, 0) is 25.7 Å². The summed E-state index contributed by atoms with van der Waals surface area (Å²) in [5.41, 5.74) is 0. The zero-order valence-electron chi connectivity index (χ0n) is 12.5. The average molecular weight is 284 g/mol. The molecule has 0 heterocycles. The van der Waals surface area contributed by atoms with Gasteiger partial charge in [0.1, 0.15) is 0 Å². The number of carbonyl (C=O) groups excluding carboxylic acids is 2. The van der Waals surface area contributed by atoms with Crippen LogP contribution in [0, 0.1) is 5.92 Å². The SMILES string of the molecule is CC(=O)NCCCCCC(=O)NCC1CCCCC1O. The van der Waals surface area contributed by atoms with E-state index < -0.39 is 0 Å². The molecule has 0 aromatic rings. The Balaban J connectivity index is 1.98. The Hall–Kier alpha value is -1.10. The molecule has 1 saturated carbocycles. The molecule has 2 atom stereocenters. The van der Waals surface area contributed by atoms with Gasteiger partial charge in [-0.2, -0.15) is 0 Å². The molecule has 5 nitrogen and oxygen atoms in total. The fourth-order valence-electron chi connectivity index (χ4n) is 2.61. The first kappa shape index (κ1) is 17.0. The van der Waals surface area contributed by atoms with Gasteiger partial charge in [0.05, 0.1) is 6.10 Å². The molecule has 3 N–H and O–H groups in total. The van der Waals surface area contributed by atoms with Crippen molar-refractivity contribution in [1.29, 1.82) is 0 Å². The predicted molar refractivity (Wildman–Crippen MR) is 78.1 cm³/mol.